The van der Waals surface area contributed by atoms with E-state index in [1.807, 2.05) is 6.92 Å². The third-order valence-electron chi connectivity index (χ3n) is 8.21. The second-order valence-electron chi connectivity index (χ2n) is 11.9. The van der Waals surface area contributed by atoms with Crippen molar-refractivity contribution in [3.05, 3.63) is 35.5 Å². The summed E-state index contributed by atoms with van der Waals surface area (Å²) in [7, 11) is 1.72. The summed E-state index contributed by atoms with van der Waals surface area (Å²) in [4.78, 5) is 23.9. The maximum absolute atomic E-state index is 12.7. The largest absolute Gasteiger partial charge is 0.442 e. The van der Waals surface area contributed by atoms with Crippen LogP contribution in [0.25, 0.3) is 0 Å². The summed E-state index contributed by atoms with van der Waals surface area (Å²) in [5.74, 6) is 1.63. The van der Waals surface area contributed by atoms with Crippen molar-refractivity contribution in [1.29, 1.82) is 0 Å². The number of hydrogen-bond acceptors (Lipinski definition) is 4. The average molecular weight is 531 g/mol. The number of hydrogen-bond donors (Lipinski definition) is 2. The molecule has 0 aromatic rings. The summed E-state index contributed by atoms with van der Waals surface area (Å²) < 4.78 is 10.9. The van der Waals surface area contributed by atoms with Crippen molar-refractivity contribution in [2.24, 2.45) is 11.8 Å². The summed E-state index contributed by atoms with van der Waals surface area (Å²) in [6.45, 7) is 12.5. The van der Waals surface area contributed by atoms with Crippen LogP contribution in [0.1, 0.15) is 111 Å². The van der Waals surface area contributed by atoms with E-state index < -0.39 is 0 Å². The van der Waals surface area contributed by atoms with Gasteiger partial charge < -0.3 is 20.1 Å². The van der Waals surface area contributed by atoms with Crippen LogP contribution in [0.3, 0.4) is 0 Å². The predicted molar refractivity (Wildman–Crippen MR) is 156 cm³/mol. The summed E-state index contributed by atoms with van der Waals surface area (Å²) in [6, 6.07) is 0.576. The molecule has 2 N–H and O–H groups in total. The number of ether oxygens (including phenoxy) is 2. The van der Waals surface area contributed by atoms with Crippen LogP contribution in [-0.2, 0) is 14.3 Å². The average Bonchev–Trinajstić information content (AvgIpc) is 2.85. The molecule has 1 atom stereocenters. The van der Waals surface area contributed by atoms with Crippen molar-refractivity contribution in [2.45, 2.75) is 129 Å². The molecule has 0 aliphatic heterocycles. The second-order valence-corrected chi connectivity index (χ2v) is 11.9. The molecule has 0 aromatic carbocycles. The van der Waals surface area contributed by atoms with Gasteiger partial charge in [-0.1, -0.05) is 29.9 Å². The molecule has 6 heteroatoms. The maximum atomic E-state index is 12.7. The number of carbonyl (C=O) groups excluding carboxylic acids is 2. The quantitative estimate of drug-likeness (QED) is 0.229. The van der Waals surface area contributed by atoms with Crippen LogP contribution in [0.15, 0.2) is 35.5 Å². The highest BCUT2D eigenvalue weighted by Gasteiger charge is 2.28. The third-order valence-corrected chi connectivity index (χ3v) is 8.21. The van der Waals surface area contributed by atoms with E-state index in [4.69, 9.17) is 9.47 Å². The molecule has 0 aromatic heterocycles. The first-order chi connectivity index (χ1) is 18.2. The van der Waals surface area contributed by atoms with Crippen molar-refractivity contribution >= 4 is 12.0 Å². The highest BCUT2D eigenvalue weighted by molar-refractivity contribution is 5.73. The lowest BCUT2D eigenvalue weighted by Gasteiger charge is -2.34. The lowest BCUT2D eigenvalue weighted by atomic mass is 9.75. The van der Waals surface area contributed by atoms with Crippen LogP contribution in [0.2, 0.25) is 0 Å². The standard InChI is InChI=1S/C32H54N2O4/c1-23(2)31(12-8-10-24(3)9-7-11-25(4)22-37-6)38-32(36)34-30-19-15-28(16-20-30)21-27-13-17-29(18-14-27)33-26(5)35/h10-11,27-31H,1,7-9,12-22H2,2-6H3,(H,33,35)(H,34,36)/b24-10-,25-11+. The van der Waals surface area contributed by atoms with Crippen LogP contribution in [0, 0.1) is 11.8 Å². The highest BCUT2D eigenvalue weighted by Crippen LogP contribution is 2.35. The molecule has 0 saturated heterocycles. The molecular formula is C32H54N2O4. The Balaban J connectivity index is 1.65. The van der Waals surface area contributed by atoms with E-state index >= 15 is 0 Å². The molecule has 38 heavy (non-hydrogen) atoms. The Labute approximate surface area is 232 Å². The van der Waals surface area contributed by atoms with Crippen molar-refractivity contribution in [3.63, 3.8) is 0 Å². The Morgan fingerprint density at radius 1 is 0.842 bits per heavy atom. The van der Waals surface area contributed by atoms with Gasteiger partial charge in [0.1, 0.15) is 6.10 Å². The van der Waals surface area contributed by atoms with Crippen molar-refractivity contribution < 1.29 is 19.1 Å². The molecule has 216 valence electrons. The van der Waals surface area contributed by atoms with Crippen molar-refractivity contribution in [3.8, 4) is 0 Å². The Morgan fingerprint density at radius 2 is 1.39 bits per heavy atom. The number of amides is 2. The van der Waals surface area contributed by atoms with Gasteiger partial charge in [-0.05, 0) is 122 Å². The Morgan fingerprint density at radius 3 is 1.92 bits per heavy atom. The Bertz CT molecular complexity index is 802. The fourth-order valence-corrected chi connectivity index (χ4v) is 6.00. The molecule has 1 unspecified atom stereocenters. The number of nitrogens with one attached hydrogen (secondary N) is 2. The first kappa shape index (κ1) is 32.1. The minimum Gasteiger partial charge on any atom is -0.442 e. The predicted octanol–water partition coefficient (Wildman–Crippen LogP) is 7.40. The van der Waals surface area contributed by atoms with Gasteiger partial charge in [0.15, 0.2) is 0 Å². The van der Waals surface area contributed by atoms with Gasteiger partial charge in [0.2, 0.25) is 5.91 Å². The minimum atomic E-state index is -0.308. The number of rotatable bonds is 14. The maximum Gasteiger partial charge on any atom is 0.407 e. The zero-order valence-electron chi connectivity index (χ0n) is 24.8. The lowest BCUT2D eigenvalue weighted by Crippen LogP contribution is -2.40. The summed E-state index contributed by atoms with van der Waals surface area (Å²) in [5.41, 5.74) is 3.51. The molecular weight excluding hydrogens is 476 g/mol. The zero-order valence-corrected chi connectivity index (χ0v) is 24.8. The first-order valence-electron chi connectivity index (χ1n) is 14.9. The second kappa shape index (κ2) is 17.5. The minimum absolute atomic E-state index is 0.0901. The molecule has 2 fully saturated rings. The number of methoxy groups -OCH3 is 1. The molecule has 0 bridgehead atoms. The number of allylic oxidation sites excluding steroid dienone is 3. The molecule has 2 amide bonds. The third kappa shape index (κ3) is 13.1. The van der Waals surface area contributed by atoms with Gasteiger partial charge in [-0.15, -0.1) is 0 Å². The Hall–Kier alpha value is -2.08. The number of carbonyl (C=O) groups is 2. The van der Waals surface area contributed by atoms with Crippen molar-refractivity contribution in [2.75, 3.05) is 13.7 Å². The zero-order chi connectivity index (χ0) is 27.9. The van der Waals surface area contributed by atoms with E-state index in [2.05, 4.69) is 43.2 Å². The number of alkyl carbamates (subject to hydrolysis) is 1. The molecule has 2 aliphatic rings. The van der Waals surface area contributed by atoms with E-state index in [1.165, 1.54) is 43.3 Å². The molecule has 6 nitrogen and oxygen atoms in total. The summed E-state index contributed by atoms with van der Waals surface area (Å²) in [6.07, 6.45) is 17.9. The topological polar surface area (TPSA) is 76.7 Å². The van der Waals surface area contributed by atoms with Crippen molar-refractivity contribution in [1.82, 2.24) is 10.6 Å². The SMILES string of the molecule is C=C(C)C(CC/C=C(/C)CC/C=C(\C)COC)OC(=O)NC1CCC(CC2CCC(NC(C)=O)CC2)CC1. The van der Waals surface area contributed by atoms with E-state index in [9.17, 15) is 9.59 Å². The van der Waals surface area contributed by atoms with Crippen LogP contribution in [0.4, 0.5) is 4.79 Å². The fraction of sp³-hybridized carbons (Fsp3) is 0.750. The molecule has 0 radical (unpaired) electrons. The van der Waals surface area contributed by atoms with Crippen LogP contribution in [0.5, 0.6) is 0 Å². The monoisotopic (exact) mass is 530 g/mol. The van der Waals surface area contributed by atoms with Gasteiger partial charge in [0.05, 0.1) is 6.61 Å². The van der Waals surface area contributed by atoms with E-state index in [-0.39, 0.29) is 24.1 Å². The molecule has 2 rings (SSSR count). The van der Waals surface area contributed by atoms with E-state index in [0.29, 0.717) is 12.6 Å². The smallest absolute Gasteiger partial charge is 0.407 e. The van der Waals surface area contributed by atoms with Crippen LogP contribution >= 0.6 is 0 Å². The molecule has 2 aliphatic carbocycles. The van der Waals surface area contributed by atoms with E-state index in [0.717, 1.165) is 68.8 Å². The van der Waals surface area contributed by atoms with Crippen LogP contribution < -0.4 is 10.6 Å². The molecule has 2 saturated carbocycles. The van der Waals surface area contributed by atoms with Crippen LogP contribution in [-0.4, -0.2) is 43.9 Å². The van der Waals surface area contributed by atoms with Gasteiger partial charge in [0.25, 0.3) is 0 Å². The van der Waals surface area contributed by atoms with Gasteiger partial charge in [-0.25, -0.2) is 4.79 Å². The first-order valence-corrected chi connectivity index (χ1v) is 14.9. The van der Waals surface area contributed by atoms with Gasteiger partial charge in [-0.3, -0.25) is 4.79 Å². The highest BCUT2D eigenvalue weighted by atomic mass is 16.6. The fourth-order valence-electron chi connectivity index (χ4n) is 6.00. The van der Waals surface area contributed by atoms with E-state index in [1.54, 1.807) is 14.0 Å². The van der Waals surface area contributed by atoms with Gasteiger partial charge >= 0.3 is 6.09 Å². The summed E-state index contributed by atoms with van der Waals surface area (Å²) >= 11 is 0. The van der Waals surface area contributed by atoms with Gasteiger partial charge in [-0.2, -0.15) is 0 Å². The lowest BCUT2D eigenvalue weighted by molar-refractivity contribution is -0.119. The normalized spacial score (nSPS) is 25.4. The van der Waals surface area contributed by atoms with Gasteiger partial charge in [0, 0.05) is 26.1 Å². The Kier molecular flexibility index (Phi) is 14.8. The summed E-state index contributed by atoms with van der Waals surface area (Å²) in [5, 5.41) is 6.20. The molecule has 0 heterocycles. The molecule has 0 spiro atoms.